The maximum Gasteiger partial charge on any atom is 0.318 e. The second-order valence-electron chi connectivity index (χ2n) is 10.3. The second kappa shape index (κ2) is 16.9. The van der Waals surface area contributed by atoms with Crippen LogP contribution in [-0.2, 0) is 17.8 Å². The van der Waals surface area contributed by atoms with Crippen molar-refractivity contribution in [2.75, 3.05) is 48.2 Å². The Labute approximate surface area is 250 Å². The van der Waals surface area contributed by atoms with Crippen molar-refractivity contribution in [3.05, 3.63) is 82.9 Å². The fraction of sp³-hybridized carbons (Fsp3) is 0.382. The number of nitrogens with one attached hydrogen (secondary N) is 1. The van der Waals surface area contributed by atoms with E-state index in [-0.39, 0.29) is 6.03 Å². The van der Waals surface area contributed by atoms with E-state index in [1.165, 1.54) is 0 Å². The molecule has 42 heavy (non-hydrogen) atoms. The van der Waals surface area contributed by atoms with E-state index in [4.69, 9.17) is 23.7 Å². The number of rotatable bonds is 16. The van der Waals surface area contributed by atoms with Crippen LogP contribution < -0.4 is 24.3 Å². The van der Waals surface area contributed by atoms with Crippen molar-refractivity contribution in [3.8, 4) is 23.0 Å². The Morgan fingerprint density at radius 2 is 1.52 bits per heavy atom. The molecule has 0 bridgehead atoms. The van der Waals surface area contributed by atoms with E-state index in [0.717, 1.165) is 40.2 Å². The van der Waals surface area contributed by atoms with Gasteiger partial charge in [-0.25, -0.2) is 4.79 Å². The number of hydrogen-bond acceptors (Lipinski definition) is 6. The molecular formula is C34H44N2O6. The van der Waals surface area contributed by atoms with Crippen LogP contribution in [0.4, 0.5) is 4.79 Å². The summed E-state index contributed by atoms with van der Waals surface area (Å²) >= 11 is 0. The van der Waals surface area contributed by atoms with Crippen molar-refractivity contribution >= 4 is 18.2 Å². The molecule has 0 aromatic heterocycles. The predicted molar refractivity (Wildman–Crippen MR) is 167 cm³/mol. The van der Waals surface area contributed by atoms with E-state index in [9.17, 15) is 4.79 Å². The molecule has 0 radical (unpaired) electrons. The summed E-state index contributed by atoms with van der Waals surface area (Å²) in [6.45, 7) is 6.73. The lowest BCUT2D eigenvalue weighted by Gasteiger charge is -2.26. The molecule has 0 aliphatic rings. The summed E-state index contributed by atoms with van der Waals surface area (Å²) in [7, 11) is 6.54. The van der Waals surface area contributed by atoms with Crippen LogP contribution in [0.1, 0.15) is 42.5 Å². The number of nitrogens with zero attached hydrogens (tertiary/aromatic N) is 1. The molecule has 3 rings (SSSR count). The molecule has 0 atom stereocenters. The predicted octanol–water partition coefficient (Wildman–Crippen LogP) is 6.67. The molecular weight excluding hydrogens is 532 g/mol. The number of carbonyl (C=O) groups is 1. The molecule has 0 saturated carbocycles. The smallest absolute Gasteiger partial charge is 0.318 e. The molecule has 8 nitrogen and oxygen atoms in total. The van der Waals surface area contributed by atoms with Crippen LogP contribution in [0.3, 0.4) is 0 Å². The van der Waals surface area contributed by atoms with Crippen LogP contribution in [0, 0.1) is 5.92 Å². The fourth-order valence-corrected chi connectivity index (χ4v) is 4.25. The van der Waals surface area contributed by atoms with Crippen molar-refractivity contribution in [1.29, 1.82) is 0 Å². The van der Waals surface area contributed by atoms with E-state index in [1.54, 1.807) is 33.3 Å². The zero-order valence-corrected chi connectivity index (χ0v) is 25.6. The minimum atomic E-state index is -0.174. The third-order valence-electron chi connectivity index (χ3n) is 6.56. The van der Waals surface area contributed by atoms with Gasteiger partial charge >= 0.3 is 6.03 Å². The zero-order chi connectivity index (χ0) is 30.3. The van der Waals surface area contributed by atoms with Crippen molar-refractivity contribution in [1.82, 2.24) is 10.2 Å². The van der Waals surface area contributed by atoms with Crippen LogP contribution in [0.5, 0.6) is 23.0 Å². The van der Waals surface area contributed by atoms with E-state index in [2.05, 4.69) is 19.2 Å². The Hall–Kier alpha value is -4.17. The second-order valence-corrected chi connectivity index (χ2v) is 10.3. The first-order valence-electron chi connectivity index (χ1n) is 14.2. The van der Waals surface area contributed by atoms with Gasteiger partial charge in [-0.05, 0) is 59.4 Å². The van der Waals surface area contributed by atoms with E-state index in [1.807, 2.05) is 72.8 Å². The number of amides is 2. The third kappa shape index (κ3) is 10.0. The highest BCUT2D eigenvalue weighted by atomic mass is 16.5. The summed E-state index contributed by atoms with van der Waals surface area (Å²) in [5.74, 6) is 3.37. The van der Waals surface area contributed by atoms with Gasteiger partial charge in [0, 0.05) is 38.4 Å². The lowest BCUT2D eigenvalue weighted by Crippen LogP contribution is -2.40. The highest BCUT2D eigenvalue weighted by Crippen LogP contribution is 2.32. The van der Waals surface area contributed by atoms with Gasteiger partial charge in [0.2, 0.25) is 0 Å². The first-order valence-corrected chi connectivity index (χ1v) is 14.2. The lowest BCUT2D eigenvalue weighted by atomic mass is 10.0. The summed E-state index contributed by atoms with van der Waals surface area (Å²) < 4.78 is 27.6. The fourth-order valence-electron chi connectivity index (χ4n) is 4.25. The number of benzene rings is 3. The Balaban J connectivity index is 1.91. The summed E-state index contributed by atoms with van der Waals surface area (Å²) in [6.07, 6.45) is 4.77. The third-order valence-corrected chi connectivity index (χ3v) is 6.56. The molecule has 0 heterocycles. The molecule has 0 aliphatic carbocycles. The Kier molecular flexibility index (Phi) is 13.0. The molecule has 226 valence electrons. The highest BCUT2D eigenvalue weighted by molar-refractivity contribution is 5.76. The van der Waals surface area contributed by atoms with Gasteiger partial charge in [0.25, 0.3) is 0 Å². The van der Waals surface area contributed by atoms with Gasteiger partial charge in [0.15, 0.2) is 0 Å². The van der Waals surface area contributed by atoms with Gasteiger partial charge in [0.1, 0.15) is 23.0 Å². The quantitative estimate of drug-likeness (QED) is 0.152. The average Bonchev–Trinajstić information content (AvgIpc) is 3.01. The Bertz CT molecular complexity index is 1270. The Morgan fingerprint density at radius 1 is 0.833 bits per heavy atom. The maximum absolute atomic E-state index is 13.4. The molecule has 0 spiro atoms. The first kappa shape index (κ1) is 32.3. The number of hydrogen-bond donors (Lipinski definition) is 1. The molecule has 1 N–H and O–H groups in total. The van der Waals surface area contributed by atoms with E-state index >= 15 is 0 Å². The van der Waals surface area contributed by atoms with Gasteiger partial charge in [-0.2, -0.15) is 0 Å². The molecule has 3 aromatic rings. The van der Waals surface area contributed by atoms with Crippen LogP contribution in [0.15, 0.2) is 60.7 Å². The average molecular weight is 577 g/mol. The summed E-state index contributed by atoms with van der Waals surface area (Å²) in [5.41, 5.74) is 3.75. The maximum atomic E-state index is 13.4. The van der Waals surface area contributed by atoms with Crippen molar-refractivity contribution < 1.29 is 28.5 Å². The Morgan fingerprint density at radius 3 is 2.14 bits per heavy atom. The molecule has 0 aliphatic heterocycles. The minimum absolute atomic E-state index is 0.174. The number of methoxy groups -OCH3 is 4. The molecule has 0 saturated heterocycles. The normalized spacial score (nSPS) is 11.0. The SMILES string of the molecule is COCCCNC(=O)N(Cc1ccc(OC)cc1)Cc1c(/C=C/c2ccc(OCC(C)C)cc2)cc(OC)cc1OC. The van der Waals surface area contributed by atoms with Gasteiger partial charge in [-0.1, -0.05) is 50.3 Å². The molecule has 2 amide bonds. The first-order chi connectivity index (χ1) is 20.4. The lowest BCUT2D eigenvalue weighted by molar-refractivity contribution is 0.181. The monoisotopic (exact) mass is 576 g/mol. The zero-order valence-electron chi connectivity index (χ0n) is 25.6. The van der Waals surface area contributed by atoms with Crippen LogP contribution in [0.2, 0.25) is 0 Å². The summed E-state index contributed by atoms with van der Waals surface area (Å²) in [5, 5.41) is 3.03. The van der Waals surface area contributed by atoms with Gasteiger partial charge in [-0.15, -0.1) is 0 Å². The molecule has 0 fully saturated rings. The highest BCUT2D eigenvalue weighted by Gasteiger charge is 2.20. The summed E-state index contributed by atoms with van der Waals surface area (Å²) in [4.78, 5) is 15.2. The van der Waals surface area contributed by atoms with Crippen LogP contribution >= 0.6 is 0 Å². The number of ether oxygens (including phenoxy) is 5. The van der Waals surface area contributed by atoms with Crippen LogP contribution in [-0.4, -0.2) is 59.1 Å². The van der Waals surface area contributed by atoms with E-state index in [0.29, 0.717) is 50.3 Å². The number of urea groups is 1. The van der Waals surface area contributed by atoms with Gasteiger partial charge in [0.05, 0.1) is 34.5 Å². The van der Waals surface area contributed by atoms with Gasteiger partial charge < -0.3 is 33.9 Å². The van der Waals surface area contributed by atoms with E-state index < -0.39 is 0 Å². The topological polar surface area (TPSA) is 78.5 Å². The molecule has 0 unspecified atom stereocenters. The molecule has 8 heteroatoms. The van der Waals surface area contributed by atoms with Gasteiger partial charge in [-0.3, -0.25) is 0 Å². The summed E-state index contributed by atoms with van der Waals surface area (Å²) in [6, 6.07) is 19.3. The minimum Gasteiger partial charge on any atom is -0.497 e. The van der Waals surface area contributed by atoms with Crippen molar-refractivity contribution in [2.45, 2.75) is 33.4 Å². The standard InChI is InChI=1S/C34H44N2O6/c1-25(2)24-42-30-16-9-26(10-17-30)8-13-28-20-31(40-5)21-33(41-6)32(28)23-36(34(37)35-18-7-19-38-3)22-27-11-14-29(39-4)15-12-27/h8-17,20-21,25H,7,18-19,22-24H2,1-6H3,(H,35,37)/b13-8+. The van der Waals surface area contributed by atoms with Crippen molar-refractivity contribution in [2.24, 2.45) is 5.92 Å². The number of carbonyl (C=O) groups excluding carboxylic acids is 1. The van der Waals surface area contributed by atoms with Crippen molar-refractivity contribution in [3.63, 3.8) is 0 Å². The van der Waals surface area contributed by atoms with Crippen LogP contribution in [0.25, 0.3) is 12.2 Å². The largest absolute Gasteiger partial charge is 0.497 e. The molecule has 3 aromatic carbocycles.